The zero-order valence-electron chi connectivity index (χ0n) is 17.8. The highest BCUT2D eigenvalue weighted by Crippen LogP contribution is 2.33. The summed E-state index contributed by atoms with van der Waals surface area (Å²) in [5.74, 6) is 0.0393. The maximum Gasteiger partial charge on any atom is 0.253 e. The van der Waals surface area contributed by atoms with Gasteiger partial charge in [-0.1, -0.05) is 23.8 Å². The van der Waals surface area contributed by atoms with Crippen molar-refractivity contribution in [1.82, 2.24) is 14.8 Å². The van der Waals surface area contributed by atoms with E-state index in [1.54, 1.807) is 0 Å². The molecular formula is C25H29N3O3. The minimum atomic E-state index is -0.279. The van der Waals surface area contributed by atoms with Crippen LogP contribution >= 0.6 is 0 Å². The maximum absolute atomic E-state index is 12.8. The van der Waals surface area contributed by atoms with Crippen molar-refractivity contribution in [2.75, 3.05) is 45.9 Å². The van der Waals surface area contributed by atoms with E-state index >= 15 is 0 Å². The number of aliphatic hydroxyl groups is 1. The molecule has 6 nitrogen and oxygen atoms in total. The summed E-state index contributed by atoms with van der Waals surface area (Å²) in [4.78, 5) is 21.7. The first-order valence-corrected chi connectivity index (χ1v) is 11.2. The molecule has 5 rings (SSSR count). The molecule has 1 aromatic heterocycles. The number of nitrogens with zero attached hydrogens (tertiary/aromatic N) is 3. The van der Waals surface area contributed by atoms with Gasteiger partial charge in [-0.2, -0.15) is 0 Å². The van der Waals surface area contributed by atoms with Crippen molar-refractivity contribution in [3.05, 3.63) is 58.8 Å². The molecule has 6 heteroatoms. The summed E-state index contributed by atoms with van der Waals surface area (Å²) in [5.41, 5.74) is 6.65. The summed E-state index contributed by atoms with van der Waals surface area (Å²) in [5, 5.41) is 9.67. The molecule has 0 atom stereocenters. The van der Waals surface area contributed by atoms with E-state index in [-0.39, 0.29) is 12.0 Å². The number of aromatic nitrogens is 1. The van der Waals surface area contributed by atoms with Gasteiger partial charge in [0.2, 0.25) is 0 Å². The van der Waals surface area contributed by atoms with Gasteiger partial charge in [0.15, 0.2) is 0 Å². The number of carbonyl (C=O) groups excluding carboxylic acids is 1. The second-order valence-electron chi connectivity index (χ2n) is 8.70. The fourth-order valence-corrected chi connectivity index (χ4v) is 4.73. The predicted molar refractivity (Wildman–Crippen MR) is 120 cm³/mol. The number of morpholine rings is 1. The topological polar surface area (TPSA) is 65.9 Å². The number of carbonyl (C=O) groups is 1. The lowest BCUT2D eigenvalue weighted by Gasteiger charge is -2.29. The molecule has 0 radical (unpaired) electrons. The molecule has 3 aliphatic rings. The van der Waals surface area contributed by atoms with Gasteiger partial charge in [0.1, 0.15) is 0 Å². The lowest BCUT2D eigenvalue weighted by atomic mass is 10.0. The number of hydrogen-bond acceptors (Lipinski definition) is 5. The van der Waals surface area contributed by atoms with Crippen LogP contribution < -0.4 is 0 Å². The molecule has 2 fully saturated rings. The highest BCUT2D eigenvalue weighted by molar-refractivity contribution is 5.95. The fraction of sp³-hybridized carbons (Fsp3) is 0.440. The Hall–Kier alpha value is -2.54. The third kappa shape index (κ3) is 4.42. The van der Waals surface area contributed by atoms with E-state index in [9.17, 15) is 9.90 Å². The van der Waals surface area contributed by atoms with Crippen LogP contribution in [0.3, 0.4) is 0 Å². The Morgan fingerprint density at radius 3 is 2.55 bits per heavy atom. The lowest BCUT2D eigenvalue weighted by molar-refractivity contribution is 0.0422. The normalized spacial score (nSPS) is 19.9. The van der Waals surface area contributed by atoms with Crippen molar-refractivity contribution in [3.8, 4) is 11.3 Å². The summed E-state index contributed by atoms with van der Waals surface area (Å²) in [6, 6.07) is 9.92. The van der Waals surface area contributed by atoms with E-state index in [1.165, 1.54) is 16.7 Å². The fourth-order valence-electron chi connectivity index (χ4n) is 4.73. The van der Waals surface area contributed by atoms with Crippen LogP contribution in [0.5, 0.6) is 0 Å². The van der Waals surface area contributed by atoms with Crippen molar-refractivity contribution in [1.29, 1.82) is 0 Å². The Morgan fingerprint density at radius 1 is 1.06 bits per heavy atom. The van der Waals surface area contributed by atoms with Gasteiger partial charge < -0.3 is 14.7 Å². The van der Waals surface area contributed by atoms with Crippen LogP contribution in [0.1, 0.15) is 34.3 Å². The number of rotatable bonds is 4. The number of likely N-dealkylation sites (tertiary alicyclic amines) is 1. The molecule has 2 aromatic rings. The molecule has 0 unspecified atom stereocenters. The first-order chi connectivity index (χ1) is 15.2. The van der Waals surface area contributed by atoms with Crippen molar-refractivity contribution in [2.45, 2.75) is 25.4 Å². The van der Waals surface area contributed by atoms with Gasteiger partial charge in [-0.05, 0) is 43.0 Å². The summed E-state index contributed by atoms with van der Waals surface area (Å²) in [6.45, 7) is 5.83. The van der Waals surface area contributed by atoms with Gasteiger partial charge in [-0.3, -0.25) is 14.7 Å². The number of fused-ring (bicyclic) bond motifs is 1. The number of pyridine rings is 1. The molecule has 1 N–H and O–H groups in total. The highest BCUT2D eigenvalue weighted by atomic mass is 16.5. The standard InChI is InChI=1S/C25H29N3O3/c29-22-6-9-28(10-7-22)25(30)20-3-1-19(2-4-20)24-23-16-18(15-21(23)5-8-26-24)17-27-11-13-31-14-12-27/h1-5,8,16,22,29H,6-7,9-15,17H2. The molecule has 3 heterocycles. The number of amides is 1. The third-order valence-corrected chi connectivity index (χ3v) is 6.53. The van der Waals surface area contributed by atoms with Crippen LogP contribution in [0.2, 0.25) is 0 Å². The number of piperidine rings is 1. The molecule has 162 valence electrons. The van der Waals surface area contributed by atoms with Gasteiger partial charge in [-0.25, -0.2) is 0 Å². The van der Waals surface area contributed by atoms with E-state index in [0.29, 0.717) is 31.5 Å². The first-order valence-electron chi connectivity index (χ1n) is 11.2. The van der Waals surface area contributed by atoms with E-state index < -0.39 is 0 Å². The van der Waals surface area contributed by atoms with Crippen LogP contribution in [-0.2, 0) is 11.2 Å². The molecule has 1 aromatic carbocycles. The van der Waals surface area contributed by atoms with Crippen molar-refractivity contribution < 1.29 is 14.6 Å². The summed E-state index contributed by atoms with van der Waals surface area (Å²) < 4.78 is 5.46. The van der Waals surface area contributed by atoms with E-state index in [4.69, 9.17) is 4.74 Å². The van der Waals surface area contributed by atoms with Crippen LogP contribution in [0.25, 0.3) is 17.3 Å². The Morgan fingerprint density at radius 2 is 1.81 bits per heavy atom. The van der Waals surface area contributed by atoms with Gasteiger partial charge in [0.25, 0.3) is 5.91 Å². The molecule has 31 heavy (non-hydrogen) atoms. The Bertz CT molecular complexity index is 972. The van der Waals surface area contributed by atoms with E-state index in [1.807, 2.05) is 35.4 Å². The number of ether oxygens (including phenoxy) is 1. The second kappa shape index (κ2) is 8.91. The quantitative estimate of drug-likeness (QED) is 0.825. The number of aliphatic hydroxyl groups excluding tert-OH is 1. The third-order valence-electron chi connectivity index (χ3n) is 6.53. The van der Waals surface area contributed by atoms with Gasteiger partial charge in [0.05, 0.1) is 25.0 Å². The molecule has 0 spiro atoms. The van der Waals surface area contributed by atoms with Crippen LogP contribution in [0, 0.1) is 0 Å². The van der Waals surface area contributed by atoms with Gasteiger partial charge in [0, 0.05) is 55.6 Å². The summed E-state index contributed by atoms with van der Waals surface area (Å²) >= 11 is 0. The molecule has 2 aliphatic heterocycles. The summed E-state index contributed by atoms with van der Waals surface area (Å²) in [7, 11) is 0. The van der Waals surface area contributed by atoms with Crippen molar-refractivity contribution in [3.63, 3.8) is 0 Å². The molecule has 0 bridgehead atoms. The van der Waals surface area contributed by atoms with Crippen LogP contribution in [-0.4, -0.2) is 77.8 Å². The second-order valence-corrected chi connectivity index (χ2v) is 8.70. The minimum Gasteiger partial charge on any atom is -0.393 e. The summed E-state index contributed by atoms with van der Waals surface area (Å²) in [6.07, 6.45) is 6.19. The molecule has 1 aliphatic carbocycles. The number of hydrogen-bond donors (Lipinski definition) is 1. The largest absolute Gasteiger partial charge is 0.393 e. The average Bonchev–Trinajstić information content (AvgIpc) is 3.22. The zero-order chi connectivity index (χ0) is 21.2. The SMILES string of the molecule is O=C(c1ccc(-c2nccc3c2C=C(CN2CCOCC2)C3)cc1)N1CCC(O)CC1. The van der Waals surface area contributed by atoms with Crippen LogP contribution in [0.4, 0.5) is 0 Å². The smallest absolute Gasteiger partial charge is 0.253 e. The molecule has 1 amide bonds. The maximum atomic E-state index is 12.8. The van der Waals surface area contributed by atoms with Crippen molar-refractivity contribution in [2.24, 2.45) is 0 Å². The average molecular weight is 420 g/mol. The van der Waals surface area contributed by atoms with E-state index in [0.717, 1.165) is 50.5 Å². The molecule has 0 saturated carbocycles. The highest BCUT2D eigenvalue weighted by Gasteiger charge is 2.23. The Kier molecular flexibility index (Phi) is 5.85. The van der Waals surface area contributed by atoms with Crippen molar-refractivity contribution >= 4 is 12.0 Å². The predicted octanol–water partition coefficient (Wildman–Crippen LogP) is 2.62. The molecule has 2 saturated heterocycles. The number of benzene rings is 1. The monoisotopic (exact) mass is 419 g/mol. The first kappa shape index (κ1) is 20.4. The molecular weight excluding hydrogens is 390 g/mol. The minimum absolute atomic E-state index is 0.0393. The Balaban J connectivity index is 1.32. The van der Waals surface area contributed by atoms with Gasteiger partial charge in [-0.15, -0.1) is 0 Å². The lowest BCUT2D eigenvalue weighted by Crippen LogP contribution is -2.40. The van der Waals surface area contributed by atoms with Gasteiger partial charge >= 0.3 is 0 Å². The zero-order valence-corrected chi connectivity index (χ0v) is 17.8. The Labute approximate surface area is 183 Å². The van der Waals surface area contributed by atoms with E-state index in [2.05, 4.69) is 22.0 Å². The van der Waals surface area contributed by atoms with Crippen LogP contribution in [0.15, 0.2) is 42.1 Å².